The molecule has 0 fully saturated rings. The van der Waals surface area contributed by atoms with Crippen molar-refractivity contribution < 1.29 is 19.4 Å². The number of aliphatic carboxylic acids is 1. The fraction of sp³-hybridized carbons (Fsp3) is 0.438. The molecule has 8 heteroatoms. The first kappa shape index (κ1) is 16.6. The molecule has 24 heavy (non-hydrogen) atoms. The molecule has 2 aromatic rings. The number of ether oxygens (including phenoxy) is 2. The second-order valence-electron chi connectivity index (χ2n) is 5.36. The van der Waals surface area contributed by atoms with Crippen LogP contribution in [0.3, 0.4) is 0 Å². The average molecular weight is 349 g/mol. The van der Waals surface area contributed by atoms with E-state index >= 15 is 0 Å². The molecule has 1 aliphatic heterocycles. The van der Waals surface area contributed by atoms with E-state index in [1.807, 2.05) is 29.7 Å². The molecule has 1 atom stereocenters. The predicted molar refractivity (Wildman–Crippen MR) is 89.7 cm³/mol. The molecule has 2 heterocycles. The van der Waals surface area contributed by atoms with Crippen molar-refractivity contribution in [1.82, 2.24) is 14.8 Å². The standard InChI is InChI=1S/C16H19N3O4S/c1-3-19-14(17-18-16(19)24-10(2)15(20)21)11-5-6-12-13(9-11)23-8-4-7-22-12/h5-6,9-10H,3-4,7-8H2,1-2H3,(H,20,21)/t10-/m1/s1. The van der Waals surface area contributed by atoms with Crippen LogP contribution in [-0.4, -0.2) is 44.3 Å². The molecular weight excluding hydrogens is 330 g/mol. The van der Waals surface area contributed by atoms with Crippen LogP contribution >= 0.6 is 11.8 Å². The van der Waals surface area contributed by atoms with Crippen molar-refractivity contribution in [2.45, 2.75) is 37.2 Å². The summed E-state index contributed by atoms with van der Waals surface area (Å²) in [7, 11) is 0. The third kappa shape index (κ3) is 3.33. The second kappa shape index (κ2) is 7.12. The summed E-state index contributed by atoms with van der Waals surface area (Å²) in [6.07, 6.45) is 0.850. The number of benzene rings is 1. The smallest absolute Gasteiger partial charge is 0.316 e. The number of hydrogen-bond donors (Lipinski definition) is 1. The Morgan fingerprint density at radius 3 is 2.79 bits per heavy atom. The molecule has 0 radical (unpaired) electrons. The van der Waals surface area contributed by atoms with Gasteiger partial charge >= 0.3 is 5.97 Å². The predicted octanol–water partition coefficient (Wildman–Crippen LogP) is 2.69. The maximum atomic E-state index is 11.1. The molecule has 1 aliphatic rings. The Morgan fingerprint density at radius 1 is 1.33 bits per heavy atom. The monoisotopic (exact) mass is 349 g/mol. The van der Waals surface area contributed by atoms with Crippen LogP contribution in [0, 0.1) is 0 Å². The Morgan fingerprint density at radius 2 is 2.08 bits per heavy atom. The maximum Gasteiger partial charge on any atom is 0.316 e. The third-order valence-electron chi connectivity index (χ3n) is 3.67. The van der Waals surface area contributed by atoms with Gasteiger partial charge in [-0.2, -0.15) is 0 Å². The van der Waals surface area contributed by atoms with Crippen LogP contribution in [0.15, 0.2) is 23.4 Å². The number of fused-ring (bicyclic) bond motifs is 1. The molecular formula is C16H19N3O4S. The summed E-state index contributed by atoms with van der Waals surface area (Å²) in [5, 5.41) is 17.5. The Hall–Kier alpha value is -2.22. The molecule has 0 saturated carbocycles. The van der Waals surface area contributed by atoms with Crippen molar-refractivity contribution in [3.8, 4) is 22.9 Å². The minimum absolute atomic E-state index is 0.587. The Balaban J connectivity index is 1.93. The first-order valence-electron chi connectivity index (χ1n) is 7.82. The molecule has 0 aliphatic carbocycles. The lowest BCUT2D eigenvalue weighted by Crippen LogP contribution is -2.13. The lowest BCUT2D eigenvalue weighted by atomic mass is 10.2. The molecule has 7 nitrogen and oxygen atoms in total. The SMILES string of the molecule is CCn1c(S[C@H](C)C(=O)O)nnc1-c1ccc2c(c1)OCCCO2. The number of carboxylic acid groups (broad SMARTS) is 1. The van der Waals surface area contributed by atoms with Gasteiger partial charge in [0.2, 0.25) is 0 Å². The molecule has 1 N–H and O–H groups in total. The van der Waals surface area contributed by atoms with E-state index in [1.54, 1.807) is 6.92 Å². The fourth-order valence-electron chi connectivity index (χ4n) is 2.39. The van der Waals surface area contributed by atoms with Gasteiger partial charge < -0.3 is 19.1 Å². The molecule has 0 spiro atoms. The normalized spacial score (nSPS) is 14.9. The highest BCUT2D eigenvalue weighted by Crippen LogP contribution is 2.35. The fourth-order valence-corrected chi connectivity index (χ4v) is 3.23. The molecule has 0 bridgehead atoms. The number of nitrogens with zero attached hydrogens (tertiary/aromatic N) is 3. The van der Waals surface area contributed by atoms with Crippen molar-refractivity contribution in [2.75, 3.05) is 13.2 Å². The summed E-state index contributed by atoms with van der Waals surface area (Å²) in [4.78, 5) is 11.1. The van der Waals surface area contributed by atoms with E-state index in [1.165, 1.54) is 11.8 Å². The average Bonchev–Trinajstić information content (AvgIpc) is 2.82. The van der Waals surface area contributed by atoms with Gasteiger partial charge in [-0.05, 0) is 32.0 Å². The molecule has 3 rings (SSSR count). The number of aromatic nitrogens is 3. The molecule has 0 amide bonds. The maximum absolute atomic E-state index is 11.1. The summed E-state index contributed by atoms with van der Waals surface area (Å²) < 4.78 is 13.3. The van der Waals surface area contributed by atoms with E-state index in [4.69, 9.17) is 14.6 Å². The van der Waals surface area contributed by atoms with E-state index < -0.39 is 11.2 Å². The Labute approximate surface area is 144 Å². The molecule has 1 aromatic carbocycles. The quantitative estimate of drug-likeness (QED) is 0.831. The topological polar surface area (TPSA) is 86.5 Å². The number of thioether (sulfide) groups is 1. The zero-order valence-electron chi connectivity index (χ0n) is 13.6. The van der Waals surface area contributed by atoms with Crippen LogP contribution in [0.5, 0.6) is 11.5 Å². The van der Waals surface area contributed by atoms with E-state index in [2.05, 4.69) is 10.2 Å². The van der Waals surface area contributed by atoms with Crippen molar-refractivity contribution >= 4 is 17.7 Å². The van der Waals surface area contributed by atoms with Gasteiger partial charge in [0, 0.05) is 18.5 Å². The molecule has 0 unspecified atom stereocenters. The largest absolute Gasteiger partial charge is 0.490 e. The molecule has 1 aromatic heterocycles. The van der Waals surface area contributed by atoms with E-state index in [0.717, 1.165) is 17.7 Å². The number of carbonyl (C=O) groups is 1. The van der Waals surface area contributed by atoms with Gasteiger partial charge in [0.25, 0.3) is 0 Å². The first-order chi connectivity index (χ1) is 11.6. The second-order valence-corrected chi connectivity index (χ2v) is 6.67. The highest BCUT2D eigenvalue weighted by Gasteiger charge is 2.20. The van der Waals surface area contributed by atoms with E-state index in [-0.39, 0.29) is 0 Å². The highest BCUT2D eigenvalue weighted by molar-refractivity contribution is 8.00. The Bertz CT molecular complexity index is 747. The van der Waals surface area contributed by atoms with Gasteiger partial charge in [0.1, 0.15) is 5.25 Å². The summed E-state index contributed by atoms with van der Waals surface area (Å²) in [5.74, 6) is 1.24. The van der Waals surface area contributed by atoms with Crippen LogP contribution in [0.4, 0.5) is 0 Å². The van der Waals surface area contributed by atoms with Crippen molar-refractivity contribution in [3.63, 3.8) is 0 Å². The first-order valence-corrected chi connectivity index (χ1v) is 8.70. The van der Waals surface area contributed by atoms with Crippen LogP contribution in [-0.2, 0) is 11.3 Å². The summed E-state index contributed by atoms with van der Waals surface area (Å²) in [6.45, 7) is 5.52. The number of rotatable bonds is 5. The Kier molecular flexibility index (Phi) is 4.94. The zero-order valence-corrected chi connectivity index (χ0v) is 14.4. The number of carboxylic acids is 1. The van der Waals surface area contributed by atoms with Crippen molar-refractivity contribution in [2.24, 2.45) is 0 Å². The van der Waals surface area contributed by atoms with Crippen molar-refractivity contribution in [1.29, 1.82) is 0 Å². The van der Waals surface area contributed by atoms with Crippen LogP contribution in [0.1, 0.15) is 20.3 Å². The minimum Gasteiger partial charge on any atom is -0.490 e. The zero-order chi connectivity index (χ0) is 17.1. The molecule has 128 valence electrons. The van der Waals surface area contributed by atoms with E-state index in [9.17, 15) is 4.79 Å². The van der Waals surface area contributed by atoms with Gasteiger partial charge in [0.15, 0.2) is 22.5 Å². The van der Waals surface area contributed by atoms with Gasteiger partial charge in [-0.25, -0.2) is 0 Å². The third-order valence-corrected chi connectivity index (χ3v) is 4.74. The summed E-state index contributed by atoms with van der Waals surface area (Å²) >= 11 is 1.18. The van der Waals surface area contributed by atoms with Gasteiger partial charge in [-0.1, -0.05) is 11.8 Å². The summed E-state index contributed by atoms with van der Waals surface area (Å²) in [5.41, 5.74) is 0.864. The molecule has 0 saturated heterocycles. The van der Waals surface area contributed by atoms with Crippen molar-refractivity contribution in [3.05, 3.63) is 18.2 Å². The van der Waals surface area contributed by atoms with Gasteiger partial charge in [-0.15, -0.1) is 10.2 Å². The minimum atomic E-state index is -0.872. The van der Waals surface area contributed by atoms with Gasteiger partial charge in [0.05, 0.1) is 13.2 Å². The van der Waals surface area contributed by atoms with Crippen LogP contribution in [0.2, 0.25) is 0 Å². The van der Waals surface area contributed by atoms with Crippen LogP contribution < -0.4 is 9.47 Å². The summed E-state index contributed by atoms with van der Waals surface area (Å²) in [6, 6.07) is 5.68. The van der Waals surface area contributed by atoms with E-state index in [0.29, 0.717) is 36.5 Å². The highest BCUT2D eigenvalue weighted by atomic mass is 32.2. The lowest BCUT2D eigenvalue weighted by molar-refractivity contribution is -0.136. The number of hydrogen-bond acceptors (Lipinski definition) is 6. The lowest BCUT2D eigenvalue weighted by Gasteiger charge is -2.11. The van der Waals surface area contributed by atoms with Gasteiger partial charge in [-0.3, -0.25) is 4.79 Å². The van der Waals surface area contributed by atoms with Crippen LogP contribution in [0.25, 0.3) is 11.4 Å².